The minimum atomic E-state index is 0.272. The van der Waals surface area contributed by atoms with Gasteiger partial charge in [0.05, 0.1) is 10.2 Å². The van der Waals surface area contributed by atoms with E-state index >= 15 is 0 Å². The second-order valence-electron chi connectivity index (χ2n) is 4.58. The quantitative estimate of drug-likeness (QED) is 0.882. The van der Waals surface area contributed by atoms with Gasteiger partial charge in [-0.3, -0.25) is 0 Å². The lowest BCUT2D eigenvalue weighted by atomic mass is 10.1. The van der Waals surface area contributed by atoms with Gasteiger partial charge in [-0.15, -0.1) is 11.3 Å². The molecule has 3 heterocycles. The molecule has 3 rings (SSSR count). The van der Waals surface area contributed by atoms with E-state index in [0.717, 1.165) is 30.8 Å². The third kappa shape index (κ3) is 1.79. The number of aliphatic hydroxyl groups is 1. The Morgan fingerprint density at radius 2 is 2.41 bits per heavy atom. The summed E-state index contributed by atoms with van der Waals surface area (Å²) >= 11 is 1.71. The molecule has 1 unspecified atom stereocenters. The lowest BCUT2D eigenvalue weighted by molar-refractivity contribution is 0.238. The molecule has 0 bridgehead atoms. The monoisotopic (exact) mass is 249 g/mol. The smallest absolute Gasteiger partial charge is 0.150 e. The summed E-state index contributed by atoms with van der Waals surface area (Å²) in [5, 5.41) is 11.3. The Hall–Kier alpha value is -1.20. The molecule has 1 atom stereocenters. The van der Waals surface area contributed by atoms with Gasteiger partial charge in [-0.1, -0.05) is 0 Å². The Kier molecular flexibility index (Phi) is 2.72. The van der Waals surface area contributed by atoms with Crippen molar-refractivity contribution in [3.8, 4) is 0 Å². The van der Waals surface area contributed by atoms with Crippen LogP contribution in [0.4, 0.5) is 5.82 Å². The molecule has 4 nitrogen and oxygen atoms in total. The lowest BCUT2D eigenvalue weighted by Gasteiger charge is -2.17. The standard InChI is InChI=1S/C12H15N3OS/c1-8-6-17-11-10(8)13-7-14-12(11)15-3-2-9(4-15)5-16/h6-7,9,16H,2-5H2,1H3. The molecular formula is C12H15N3OS. The van der Waals surface area contributed by atoms with Crippen molar-refractivity contribution in [3.63, 3.8) is 0 Å². The molecule has 0 radical (unpaired) electrons. The fourth-order valence-electron chi connectivity index (χ4n) is 2.36. The molecule has 0 spiro atoms. The molecule has 0 aromatic carbocycles. The van der Waals surface area contributed by atoms with E-state index in [2.05, 4.69) is 27.2 Å². The normalized spacial score (nSPS) is 20.4. The van der Waals surface area contributed by atoms with Crippen LogP contribution in [0.25, 0.3) is 10.2 Å². The first-order valence-corrected chi connectivity index (χ1v) is 6.72. The van der Waals surface area contributed by atoms with Crippen molar-refractivity contribution in [2.45, 2.75) is 13.3 Å². The number of thiophene rings is 1. The highest BCUT2D eigenvalue weighted by atomic mass is 32.1. The minimum absolute atomic E-state index is 0.272. The van der Waals surface area contributed by atoms with E-state index in [9.17, 15) is 5.11 Å². The average molecular weight is 249 g/mol. The van der Waals surface area contributed by atoms with Crippen LogP contribution < -0.4 is 4.90 Å². The van der Waals surface area contributed by atoms with Crippen LogP contribution >= 0.6 is 11.3 Å². The van der Waals surface area contributed by atoms with Crippen molar-refractivity contribution in [1.29, 1.82) is 0 Å². The molecule has 2 aromatic rings. The van der Waals surface area contributed by atoms with Crippen molar-refractivity contribution in [1.82, 2.24) is 9.97 Å². The maximum Gasteiger partial charge on any atom is 0.150 e. The van der Waals surface area contributed by atoms with E-state index < -0.39 is 0 Å². The van der Waals surface area contributed by atoms with Gasteiger partial charge in [0.25, 0.3) is 0 Å². The first-order chi connectivity index (χ1) is 8.29. The summed E-state index contributed by atoms with van der Waals surface area (Å²) in [7, 11) is 0. The lowest BCUT2D eigenvalue weighted by Crippen LogP contribution is -2.21. The fraction of sp³-hybridized carbons (Fsp3) is 0.500. The van der Waals surface area contributed by atoms with Crippen LogP contribution in [-0.4, -0.2) is 34.8 Å². The van der Waals surface area contributed by atoms with E-state index in [1.165, 1.54) is 10.3 Å². The summed E-state index contributed by atoms with van der Waals surface area (Å²) in [5.74, 6) is 1.42. The highest BCUT2D eigenvalue weighted by Gasteiger charge is 2.24. The van der Waals surface area contributed by atoms with Crippen LogP contribution in [0.3, 0.4) is 0 Å². The van der Waals surface area contributed by atoms with E-state index in [0.29, 0.717) is 5.92 Å². The summed E-state index contributed by atoms with van der Waals surface area (Å²) < 4.78 is 1.17. The Morgan fingerprint density at radius 3 is 3.18 bits per heavy atom. The molecule has 1 aliphatic heterocycles. The second-order valence-corrected chi connectivity index (χ2v) is 5.46. The molecular weight excluding hydrogens is 234 g/mol. The fourth-order valence-corrected chi connectivity index (χ4v) is 3.38. The van der Waals surface area contributed by atoms with Crippen LogP contribution in [0.15, 0.2) is 11.7 Å². The van der Waals surface area contributed by atoms with Crippen molar-refractivity contribution in [3.05, 3.63) is 17.3 Å². The molecule has 17 heavy (non-hydrogen) atoms. The van der Waals surface area contributed by atoms with Gasteiger partial charge in [-0.2, -0.15) is 0 Å². The Balaban J connectivity index is 2.00. The van der Waals surface area contributed by atoms with E-state index in [4.69, 9.17) is 0 Å². The van der Waals surface area contributed by atoms with E-state index in [-0.39, 0.29) is 6.61 Å². The minimum Gasteiger partial charge on any atom is -0.396 e. The predicted octanol–water partition coefficient (Wildman–Crippen LogP) is 1.82. The molecule has 1 N–H and O–H groups in total. The average Bonchev–Trinajstić information content (AvgIpc) is 2.96. The Morgan fingerprint density at radius 1 is 1.53 bits per heavy atom. The zero-order chi connectivity index (χ0) is 11.8. The Labute approximate surface area is 104 Å². The Bertz CT molecular complexity index is 540. The molecule has 0 aliphatic carbocycles. The zero-order valence-corrected chi connectivity index (χ0v) is 10.6. The van der Waals surface area contributed by atoms with Crippen LogP contribution in [-0.2, 0) is 0 Å². The van der Waals surface area contributed by atoms with E-state index in [1.54, 1.807) is 17.7 Å². The summed E-state index contributed by atoms with van der Waals surface area (Å²) in [6, 6.07) is 0. The number of fused-ring (bicyclic) bond motifs is 1. The number of nitrogens with zero attached hydrogens (tertiary/aromatic N) is 3. The zero-order valence-electron chi connectivity index (χ0n) is 9.76. The van der Waals surface area contributed by atoms with Crippen LogP contribution in [0.2, 0.25) is 0 Å². The van der Waals surface area contributed by atoms with Crippen molar-refractivity contribution in [2.24, 2.45) is 5.92 Å². The first-order valence-electron chi connectivity index (χ1n) is 5.84. The van der Waals surface area contributed by atoms with Gasteiger partial charge in [0.15, 0.2) is 0 Å². The molecule has 1 aliphatic rings. The van der Waals surface area contributed by atoms with Gasteiger partial charge in [-0.25, -0.2) is 9.97 Å². The molecule has 1 fully saturated rings. The van der Waals surface area contributed by atoms with Crippen LogP contribution in [0, 0.1) is 12.8 Å². The maximum atomic E-state index is 9.19. The number of rotatable bonds is 2. The van der Waals surface area contributed by atoms with Crippen molar-refractivity contribution < 1.29 is 5.11 Å². The topological polar surface area (TPSA) is 49.2 Å². The van der Waals surface area contributed by atoms with Crippen molar-refractivity contribution >= 4 is 27.4 Å². The molecule has 90 valence electrons. The third-order valence-electron chi connectivity index (χ3n) is 3.36. The van der Waals surface area contributed by atoms with Gasteiger partial charge < -0.3 is 10.0 Å². The second kappa shape index (κ2) is 4.23. The summed E-state index contributed by atoms with van der Waals surface area (Å²) in [6.07, 6.45) is 2.69. The molecule has 2 aromatic heterocycles. The van der Waals surface area contributed by atoms with Gasteiger partial charge in [-0.05, 0) is 24.3 Å². The number of hydrogen-bond acceptors (Lipinski definition) is 5. The van der Waals surface area contributed by atoms with Gasteiger partial charge in [0, 0.05) is 25.6 Å². The highest BCUT2D eigenvalue weighted by Crippen LogP contribution is 2.33. The maximum absolute atomic E-state index is 9.19. The number of hydrogen-bond donors (Lipinski definition) is 1. The molecule has 0 saturated carbocycles. The number of aliphatic hydroxyl groups excluding tert-OH is 1. The SMILES string of the molecule is Cc1csc2c(N3CCC(CO)C3)ncnc12. The number of aryl methyl sites for hydroxylation is 1. The molecule has 1 saturated heterocycles. The summed E-state index contributed by atoms with van der Waals surface area (Å²) in [5.41, 5.74) is 2.28. The van der Waals surface area contributed by atoms with Crippen LogP contribution in [0.1, 0.15) is 12.0 Å². The molecule has 5 heteroatoms. The van der Waals surface area contributed by atoms with Crippen LogP contribution in [0.5, 0.6) is 0 Å². The summed E-state index contributed by atoms with van der Waals surface area (Å²) in [6.45, 7) is 4.23. The van der Waals surface area contributed by atoms with Crippen molar-refractivity contribution in [2.75, 3.05) is 24.6 Å². The van der Waals surface area contributed by atoms with Gasteiger partial charge in [0.2, 0.25) is 0 Å². The van der Waals surface area contributed by atoms with Gasteiger partial charge >= 0.3 is 0 Å². The first kappa shape index (κ1) is 10.9. The number of aromatic nitrogens is 2. The number of anilines is 1. The van der Waals surface area contributed by atoms with E-state index in [1.807, 2.05) is 0 Å². The highest BCUT2D eigenvalue weighted by molar-refractivity contribution is 7.18. The third-order valence-corrected chi connectivity index (χ3v) is 4.44. The van der Waals surface area contributed by atoms with Gasteiger partial charge in [0.1, 0.15) is 12.1 Å². The predicted molar refractivity (Wildman–Crippen MR) is 69.6 cm³/mol. The summed E-state index contributed by atoms with van der Waals surface area (Å²) in [4.78, 5) is 11.0. The largest absolute Gasteiger partial charge is 0.396 e. The molecule has 0 amide bonds.